The lowest BCUT2D eigenvalue weighted by molar-refractivity contribution is -0.0115. The van der Waals surface area contributed by atoms with Gasteiger partial charge < -0.3 is 40.3 Å². The van der Waals surface area contributed by atoms with Gasteiger partial charge >= 0.3 is 12.1 Å². The number of anilines is 2. The first-order chi connectivity index (χ1) is 23.0. The number of benzene rings is 3. The maximum atomic E-state index is 14.3. The number of aliphatic hydroxyl groups is 1. The van der Waals surface area contributed by atoms with Crippen molar-refractivity contribution in [3.8, 4) is 5.75 Å². The van der Waals surface area contributed by atoms with E-state index in [1.54, 1.807) is 42.0 Å². The van der Waals surface area contributed by atoms with Crippen molar-refractivity contribution in [3.63, 3.8) is 0 Å². The van der Waals surface area contributed by atoms with Crippen LogP contribution in [-0.2, 0) is 4.74 Å². The molecule has 1 heterocycles. The minimum absolute atomic E-state index is 0.0611. The number of fused-ring (bicyclic) bond motifs is 2. The molecule has 4 N–H and O–H groups in total. The lowest BCUT2D eigenvalue weighted by Crippen LogP contribution is -2.48. The van der Waals surface area contributed by atoms with E-state index < -0.39 is 12.1 Å². The standard InChI is InChI=1S/C37H51N5O6/c1-24(2)38-36(45)39-29-17-18-33-31(20-29)35(44)42(26(4)23-43)21-25(3)34(47-19-10-9-12-27(5)48-33)22-41(6)37(46)40-32-16-11-14-28-13-7-8-15-30(28)32/h7-8,11,13-18,20,24-27,34,43H,9-10,12,19,21-23H2,1-6H3,(H,40,46)(H2,38,39,45)/t25-,26-,27+,34+/m1/s1. The van der Waals surface area contributed by atoms with Gasteiger partial charge in [-0.15, -0.1) is 0 Å². The van der Waals surface area contributed by atoms with Gasteiger partial charge in [-0.05, 0) is 76.6 Å². The molecule has 0 fully saturated rings. The number of carbonyl (C=O) groups excluding carboxylic acids is 3. The number of likely N-dealkylation sites (N-methyl/N-ethyl adjacent to an activating group) is 1. The highest BCUT2D eigenvalue weighted by molar-refractivity contribution is 6.01. The number of ether oxygens (including phenoxy) is 2. The molecule has 4 rings (SSSR count). The van der Waals surface area contributed by atoms with Gasteiger partial charge in [-0.2, -0.15) is 0 Å². The van der Waals surface area contributed by atoms with Crippen molar-refractivity contribution in [2.24, 2.45) is 5.92 Å². The number of urea groups is 2. The van der Waals surface area contributed by atoms with Gasteiger partial charge in [-0.25, -0.2) is 9.59 Å². The monoisotopic (exact) mass is 661 g/mol. The number of nitrogens with zero attached hydrogens (tertiary/aromatic N) is 2. The summed E-state index contributed by atoms with van der Waals surface area (Å²) in [7, 11) is 1.74. The second-order valence-electron chi connectivity index (χ2n) is 13.1. The number of rotatable bonds is 7. The third-order valence-corrected chi connectivity index (χ3v) is 8.56. The zero-order valence-corrected chi connectivity index (χ0v) is 29.0. The van der Waals surface area contributed by atoms with E-state index in [0.717, 1.165) is 35.7 Å². The van der Waals surface area contributed by atoms with Crippen LogP contribution in [0.4, 0.5) is 21.0 Å². The molecule has 11 heteroatoms. The van der Waals surface area contributed by atoms with Crippen molar-refractivity contribution in [1.82, 2.24) is 15.1 Å². The molecule has 0 bridgehead atoms. The predicted octanol–water partition coefficient (Wildman–Crippen LogP) is 6.33. The molecular formula is C37H51N5O6. The van der Waals surface area contributed by atoms with E-state index in [4.69, 9.17) is 9.47 Å². The molecule has 0 spiro atoms. The van der Waals surface area contributed by atoms with E-state index in [0.29, 0.717) is 24.6 Å². The Morgan fingerprint density at radius 3 is 2.52 bits per heavy atom. The zero-order chi connectivity index (χ0) is 34.8. The fourth-order valence-corrected chi connectivity index (χ4v) is 5.79. The van der Waals surface area contributed by atoms with Crippen LogP contribution in [0.15, 0.2) is 60.7 Å². The van der Waals surface area contributed by atoms with Crippen molar-refractivity contribution in [3.05, 3.63) is 66.2 Å². The number of aliphatic hydroxyl groups excluding tert-OH is 1. The molecule has 4 atom stereocenters. The zero-order valence-electron chi connectivity index (χ0n) is 29.0. The molecule has 0 radical (unpaired) electrons. The summed E-state index contributed by atoms with van der Waals surface area (Å²) < 4.78 is 12.7. The molecule has 1 aliphatic heterocycles. The topological polar surface area (TPSA) is 132 Å². The molecule has 5 amide bonds. The lowest BCUT2D eigenvalue weighted by atomic mass is 10.0. The molecule has 11 nitrogen and oxygen atoms in total. The van der Waals surface area contributed by atoms with Gasteiger partial charge in [0.15, 0.2) is 0 Å². The number of hydrogen-bond acceptors (Lipinski definition) is 6. The van der Waals surface area contributed by atoms with Gasteiger partial charge in [0.2, 0.25) is 0 Å². The molecular weight excluding hydrogens is 610 g/mol. The van der Waals surface area contributed by atoms with E-state index in [1.165, 1.54) is 0 Å². The van der Waals surface area contributed by atoms with Gasteiger partial charge in [0.1, 0.15) is 5.75 Å². The maximum absolute atomic E-state index is 14.3. The van der Waals surface area contributed by atoms with Crippen LogP contribution in [-0.4, -0.2) is 90.5 Å². The second kappa shape index (κ2) is 17.2. The largest absolute Gasteiger partial charge is 0.490 e. The average Bonchev–Trinajstić information content (AvgIpc) is 3.05. The van der Waals surface area contributed by atoms with E-state index in [2.05, 4.69) is 16.0 Å². The van der Waals surface area contributed by atoms with Gasteiger partial charge in [0.05, 0.1) is 36.1 Å². The molecule has 0 unspecified atom stereocenters. The van der Waals surface area contributed by atoms with Crippen LogP contribution in [0.1, 0.15) is 64.2 Å². The molecule has 3 aromatic carbocycles. The Bertz CT molecular complexity index is 1540. The first kappa shape index (κ1) is 36.5. The summed E-state index contributed by atoms with van der Waals surface area (Å²) in [6.45, 7) is 10.3. The summed E-state index contributed by atoms with van der Waals surface area (Å²) >= 11 is 0. The molecule has 0 aliphatic carbocycles. The highest BCUT2D eigenvalue weighted by Gasteiger charge is 2.31. The fraction of sp³-hybridized carbons (Fsp3) is 0.486. The quantitative estimate of drug-likeness (QED) is 0.234. The second-order valence-corrected chi connectivity index (χ2v) is 13.1. The molecule has 0 saturated heterocycles. The minimum atomic E-state index is -0.521. The first-order valence-corrected chi connectivity index (χ1v) is 16.9. The Balaban J connectivity index is 1.58. The Morgan fingerprint density at radius 2 is 1.77 bits per heavy atom. The highest BCUT2D eigenvalue weighted by atomic mass is 16.5. The molecule has 260 valence electrons. The number of amides is 5. The molecule has 0 aromatic heterocycles. The Morgan fingerprint density at radius 1 is 1.02 bits per heavy atom. The van der Waals surface area contributed by atoms with E-state index in [-0.39, 0.29) is 54.7 Å². The van der Waals surface area contributed by atoms with Crippen molar-refractivity contribution >= 4 is 40.1 Å². The van der Waals surface area contributed by atoms with Crippen LogP contribution < -0.4 is 20.7 Å². The Kier molecular flexibility index (Phi) is 13.0. The van der Waals surface area contributed by atoms with E-state index in [9.17, 15) is 19.5 Å². The predicted molar refractivity (Wildman–Crippen MR) is 190 cm³/mol. The number of hydrogen-bond donors (Lipinski definition) is 4. The Labute approximate surface area is 284 Å². The van der Waals surface area contributed by atoms with Crippen LogP contribution in [0.25, 0.3) is 10.8 Å². The summed E-state index contributed by atoms with van der Waals surface area (Å²) in [6, 6.07) is 17.5. The van der Waals surface area contributed by atoms with Gasteiger partial charge in [-0.3, -0.25) is 4.79 Å². The van der Waals surface area contributed by atoms with Gasteiger partial charge in [-0.1, -0.05) is 43.3 Å². The molecule has 48 heavy (non-hydrogen) atoms. The summed E-state index contributed by atoms with van der Waals surface area (Å²) in [4.78, 5) is 43.4. The van der Waals surface area contributed by atoms with E-state index in [1.807, 2.05) is 70.2 Å². The molecule has 1 aliphatic rings. The van der Waals surface area contributed by atoms with Crippen LogP contribution in [0.5, 0.6) is 5.75 Å². The van der Waals surface area contributed by atoms with Crippen LogP contribution in [0.2, 0.25) is 0 Å². The average molecular weight is 662 g/mol. The summed E-state index contributed by atoms with van der Waals surface area (Å²) in [5, 5.41) is 20.9. The van der Waals surface area contributed by atoms with E-state index >= 15 is 0 Å². The maximum Gasteiger partial charge on any atom is 0.321 e. The molecule has 0 saturated carbocycles. The van der Waals surface area contributed by atoms with Crippen molar-refractivity contribution in [2.45, 2.75) is 78.2 Å². The van der Waals surface area contributed by atoms with Crippen LogP contribution >= 0.6 is 0 Å². The third-order valence-electron chi connectivity index (χ3n) is 8.56. The first-order valence-electron chi connectivity index (χ1n) is 16.9. The van der Waals surface area contributed by atoms with Crippen LogP contribution in [0, 0.1) is 5.92 Å². The smallest absolute Gasteiger partial charge is 0.321 e. The number of nitrogens with one attached hydrogen (secondary N) is 3. The minimum Gasteiger partial charge on any atom is -0.490 e. The molecule has 3 aromatic rings. The van der Waals surface area contributed by atoms with Crippen LogP contribution in [0.3, 0.4) is 0 Å². The summed E-state index contributed by atoms with van der Waals surface area (Å²) in [6.07, 6.45) is 1.84. The normalized spacial score (nSPS) is 19.9. The summed E-state index contributed by atoms with van der Waals surface area (Å²) in [5.41, 5.74) is 1.46. The van der Waals surface area contributed by atoms with Gasteiger partial charge in [0.25, 0.3) is 5.91 Å². The van der Waals surface area contributed by atoms with Crippen molar-refractivity contribution < 1.29 is 29.0 Å². The third kappa shape index (κ3) is 9.84. The van der Waals surface area contributed by atoms with Crippen molar-refractivity contribution in [2.75, 3.05) is 44.0 Å². The highest BCUT2D eigenvalue weighted by Crippen LogP contribution is 2.29. The number of carbonyl (C=O) groups is 3. The lowest BCUT2D eigenvalue weighted by Gasteiger charge is -2.35. The van der Waals surface area contributed by atoms with Crippen molar-refractivity contribution in [1.29, 1.82) is 0 Å². The fourth-order valence-electron chi connectivity index (χ4n) is 5.79. The SMILES string of the molecule is CC(C)NC(=O)Nc1ccc2c(c1)C(=O)N([C@H](C)CO)C[C@@H](C)[C@H](CN(C)C(=O)Nc1cccc3ccccc13)OCCCC[C@H](C)O2. The summed E-state index contributed by atoms with van der Waals surface area (Å²) in [5.74, 6) is -0.128. The Hall–Kier alpha value is -4.35. The van der Waals surface area contributed by atoms with Gasteiger partial charge in [0, 0.05) is 49.8 Å².